The van der Waals surface area contributed by atoms with Crippen molar-refractivity contribution in [2.75, 3.05) is 52.9 Å². The lowest BCUT2D eigenvalue weighted by molar-refractivity contribution is -0.133. The van der Waals surface area contributed by atoms with Gasteiger partial charge in [0.05, 0.1) is 11.6 Å². The van der Waals surface area contributed by atoms with E-state index in [1.807, 2.05) is 4.90 Å². The second-order valence-electron chi connectivity index (χ2n) is 7.50. The van der Waals surface area contributed by atoms with Crippen LogP contribution in [0.5, 0.6) is 5.75 Å². The number of piperazine rings is 1. The van der Waals surface area contributed by atoms with E-state index in [9.17, 15) is 4.79 Å². The predicted octanol–water partition coefficient (Wildman–Crippen LogP) is 3.39. The molecule has 2 aliphatic rings. The number of nitrogens with zero attached hydrogens (tertiary/aromatic N) is 3. The molecule has 1 atom stereocenters. The number of hydrogen-bond donors (Lipinski definition) is 0. The summed E-state index contributed by atoms with van der Waals surface area (Å²) in [5.41, 5.74) is 0. The quantitative estimate of drug-likeness (QED) is 0.669. The van der Waals surface area contributed by atoms with Crippen LogP contribution < -0.4 is 4.74 Å². The molecule has 0 saturated carbocycles. The third kappa shape index (κ3) is 5.98. The monoisotopic (exact) mass is 413 g/mol. The Hall–Kier alpha value is -1.01. The van der Waals surface area contributed by atoms with Gasteiger partial charge < -0.3 is 14.5 Å². The molecule has 5 nitrogen and oxygen atoms in total. The summed E-state index contributed by atoms with van der Waals surface area (Å²) >= 11 is 12.0. The molecule has 0 N–H and O–H groups in total. The largest absolute Gasteiger partial charge is 0.492 e. The molecule has 150 valence electrons. The maximum absolute atomic E-state index is 12.5. The van der Waals surface area contributed by atoms with Gasteiger partial charge in [-0.15, -0.1) is 0 Å². The highest BCUT2D eigenvalue weighted by molar-refractivity contribution is 6.35. The van der Waals surface area contributed by atoms with Crippen LogP contribution in [0.4, 0.5) is 0 Å². The smallest absolute Gasteiger partial charge is 0.222 e. The first kappa shape index (κ1) is 20.7. The summed E-state index contributed by atoms with van der Waals surface area (Å²) in [5, 5.41) is 1.08. The van der Waals surface area contributed by atoms with Gasteiger partial charge in [0.15, 0.2) is 0 Å². The van der Waals surface area contributed by atoms with Crippen molar-refractivity contribution in [2.45, 2.75) is 31.7 Å². The van der Waals surface area contributed by atoms with E-state index in [-0.39, 0.29) is 5.91 Å². The fourth-order valence-corrected chi connectivity index (χ4v) is 4.39. The fourth-order valence-electron chi connectivity index (χ4n) is 3.93. The molecule has 0 radical (unpaired) electrons. The van der Waals surface area contributed by atoms with Gasteiger partial charge in [-0.25, -0.2) is 0 Å². The number of ether oxygens (including phenoxy) is 1. The molecule has 0 aromatic heterocycles. The van der Waals surface area contributed by atoms with Crippen molar-refractivity contribution in [2.24, 2.45) is 0 Å². The molecule has 0 spiro atoms. The van der Waals surface area contributed by atoms with E-state index in [1.165, 1.54) is 19.4 Å². The van der Waals surface area contributed by atoms with Gasteiger partial charge in [-0.2, -0.15) is 0 Å². The standard InChI is InChI=1S/C20H29Cl2N3O2/c1-23-8-2-4-17(15-23)24-9-11-25(12-10-24)20(26)5-3-13-27-19-7-6-16(21)14-18(19)22/h6-7,14,17H,2-5,8-13,15H2,1H3. The van der Waals surface area contributed by atoms with Gasteiger partial charge in [0, 0.05) is 50.2 Å². The summed E-state index contributed by atoms with van der Waals surface area (Å²) in [6, 6.07) is 5.82. The van der Waals surface area contributed by atoms with Crippen LogP contribution in [-0.2, 0) is 4.79 Å². The zero-order chi connectivity index (χ0) is 19.2. The molecule has 1 amide bonds. The summed E-state index contributed by atoms with van der Waals surface area (Å²) in [5.74, 6) is 0.834. The Bertz CT molecular complexity index is 636. The molecule has 0 aliphatic carbocycles. The summed E-state index contributed by atoms with van der Waals surface area (Å²) in [4.78, 5) is 19.4. The summed E-state index contributed by atoms with van der Waals surface area (Å²) < 4.78 is 5.66. The van der Waals surface area contributed by atoms with Crippen molar-refractivity contribution in [1.29, 1.82) is 0 Å². The van der Waals surface area contributed by atoms with E-state index in [2.05, 4.69) is 16.8 Å². The molecule has 1 unspecified atom stereocenters. The SMILES string of the molecule is CN1CCCC(N2CCN(C(=O)CCCOc3ccc(Cl)cc3Cl)CC2)C1. The maximum atomic E-state index is 12.5. The lowest BCUT2D eigenvalue weighted by Gasteiger charge is -2.42. The lowest BCUT2D eigenvalue weighted by Crippen LogP contribution is -2.55. The minimum Gasteiger partial charge on any atom is -0.492 e. The number of rotatable bonds is 6. The Morgan fingerprint density at radius 3 is 2.67 bits per heavy atom. The summed E-state index contributed by atoms with van der Waals surface area (Å²) in [7, 11) is 2.20. The van der Waals surface area contributed by atoms with Crippen LogP contribution in [-0.4, -0.2) is 79.6 Å². The van der Waals surface area contributed by atoms with Crippen molar-refractivity contribution in [3.63, 3.8) is 0 Å². The van der Waals surface area contributed by atoms with Gasteiger partial charge in [-0.05, 0) is 51.1 Å². The zero-order valence-corrected chi connectivity index (χ0v) is 17.5. The molecule has 3 rings (SSSR count). The number of amides is 1. The third-order valence-electron chi connectivity index (χ3n) is 5.47. The van der Waals surface area contributed by atoms with Crippen LogP contribution >= 0.6 is 23.2 Å². The molecule has 1 aromatic carbocycles. The van der Waals surface area contributed by atoms with Crippen molar-refractivity contribution in [1.82, 2.24) is 14.7 Å². The number of halogens is 2. The first-order valence-corrected chi connectivity index (χ1v) is 10.6. The van der Waals surface area contributed by atoms with Crippen LogP contribution in [0.15, 0.2) is 18.2 Å². The average Bonchev–Trinajstić information content (AvgIpc) is 2.66. The first-order valence-electron chi connectivity index (χ1n) is 9.81. The van der Waals surface area contributed by atoms with E-state index in [0.717, 1.165) is 32.7 Å². The van der Waals surface area contributed by atoms with E-state index >= 15 is 0 Å². The van der Waals surface area contributed by atoms with Crippen molar-refractivity contribution < 1.29 is 9.53 Å². The van der Waals surface area contributed by atoms with Gasteiger partial charge in [0.2, 0.25) is 5.91 Å². The summed E-state index contributed by atoms with van der Waals surface area (Å²) in [6.45, 7) is 6.48. The second-order valence-corrected chi connectivity index (χ2v) is 8.35. The number of likely N-dealkylation sites (tertiary alicyclic amines) is 1. The van der Waals surface area contributed by atoms with E-state index in [1.54, 1.807) is 18.2 Å². The van der Waals surface area contributed by atoms with Crippen molar-refractivity contribution >= 4 is 29.1 Å². The van der Waals surface area contributed by atoms with Crippen molar-refractivity contribution in [3.05, 3.63) is 28.2 Å². The number of piperidine rings is 1. The van der Waals surface area contributed by atoms with Crippen LogP contribution in [0.3, 0.4) is 0 Å². The highest BCUT2D eigenvalue weighted by Crippen LogP contribution is 2.27. The van der Waals surface area contributed by atoms with Gasteiger partial charge in [-0.3, -0.25) is 9.69 Å². The van der Waals surface area contributed by atoms with E-state index in [4.69, 9.17) is 27.9 Å². The Morgan fingerprint density at radius 2 is 1.96 bits per heavy atom. The van der Waals surface area contributed by atoms with Crippen LogP contribution in [0.25, 0.3) is 0 Å². The molecule has 1 aromatic rings. The summed E-state index contributed by atoms with van der Waals surface area (Å²) in [6.07, 6.45) is 3.75. The van der Waals surface area contributed by atoms with Gasteiger partial charge in [0.1, 0.15) is 5.75 Å². The Morgan fingerprint density at radius 1 is 1.19 bits per heavy atom. The Kier molecular flexibility index (Phi) is 7.65. The number of likely N-dealkylation sites (N-methyl/N-ethyl adjacent to an activating group) is 1. The minimum absolute atomic E-state index is 0.223. The van der Waals surface area contributed by atoms with Crippen molar-refractivity contribution in [3.8, 4) is 5.75 Å². The number of hydrogen-bond acceptors (Lipinski definition) is 4. The second kappa shape index (κ2) is 9.97. The number of carbonyl (C=O) groups is 1. The molecule has 2 saturated heterocycles. The number of carbonyl (C=O) groups excluding carboxylic acids is 1. The molecule has 2 aliphatic heterocycles. The van der Waals surface area contributed by atoms with Gasteiger partial charge in [0.25, 0.3) is 0 Å². The molecule has 7 heteroatoms. The first-order chi connectivity index (χ1) is 13.0. The fraction of sp³-hybridized carbons (Fsp3) is 0.650. The molecular weight excluding hydrogens is 385 g/mol. The van der Waals surface area contributed by atoms with Crippen LogP contribution in [0.1, 0.15) is 25.7 Å². The zero-order valence-electron chi connectivity index (χ0n) is 16.0. The predicted molar refractivity (Wildman–Crippen MR) is 110 cm³/mol. The van der Waals surface area contributed by atoms with E-state index < -0.39 is 0 Å². The van der Waals surface area contributed by atoms with Gasteiger partial charge in [-0.1, -0.05) is 23.2 Å². The Labute approximate surface area is 172 Å². The number of benzene rings is 1. The maximum Gasteiger partial charge on any atom is 0.222 e. The highest BCUT2D eigenvalue weighted by atomic mass is 35.5. The minimum atomic E-state index is 0.223. The lowest BCUT2D eigenvalue weighted by atomic mass is 10.0. The third-order valence-corrected chi connectivity index (χ3v) is 6.00. The molecular formula is C20H29Cl2N3O2. The molecule has 2 heterocycles. The van der Waals surface area contributed by atoms with Crippen LogP contribution in [0, 0.1) is 0 Å². The van der Waals surface area contributed by atoms with Gasteiger partial charge >= 0.3 is 0 Å². The average molecular weight is 414 g/mol. The molecule has 0 bridgehead atoms. The molecule has 2 fully saturated rings. The topological polar surface area (TPSA) is 36.0 Å². The Balaban J connectivity index is 1.34. The molecule has 27 heavy (non-hydrogen) atoms. The normalized spacial score (nSPS) is 22.0. The highest BCUT2D eigenvalue weighted by Gasteiger charge is 2.28. The van der Waals surface area contributed by atoms with E-state index in [0.29, 0.717) is 41.3 Å². The van der Waals surface area contributed by atoms with Crippen LogP contribution in [0.2, 0.25) is 10.0 Å².